The van der Waals surface area contributed by atoms with Gasteiger partial charge < -0.3 is 27.4 Å². The van der Waals surface area contributed by atoms with Gasteiger partial charge in [-0.05, 0) is 28.8 Å². The Labute approximate surface area is 205 Å². The van der Waals surface area contributed by atoms with E-state index in [0.717, 1.165) is 10.8 Å². The molecule has 2 rings (SSSR count). The highest BCUT2D eigenvalue weighted by molar-refractivity contribution is 8.76. The summed E-state index contributed by atoms with van der Waals surface area (Å²) in [5, 5.41) is 21.2. The molecule has 0 fully saturated rings. The molecule has 0 bridgehead atoms. The van der Waals surface area contributed by atoms with Crippen LogP contribution >= 0.6 is 21.6 Å². The number of aliphatic carboxylic acids is 2. The molecule has 0 saturated carbocycles. The van der Waals surface area contributed by atoms with E-state index in [9.17, 15) is 19.2 Å². The molecule has 0 saturated heterocycles. The molecular weight excluding hydrogens is 480 g/mol. The first kappa shape index (κ1) is 29.4. The summed E-state index contributed by atoms with van der Waals surface area (Å²) in [6.07, 6.45) is 0. The summed E-state index contributed by atoms with van der Waals surface area (Å²) in [4.78, 5) is 44.4. The molecule has 9 N–H and O–H groups in total. The van der Waals surface area contributed by atoms with E-state index in [-0.39, 0.29) is 17.4 Å². The van der Waals surface area contributed by atoms with Gasteiger partial charge in [0.05, 0.1) is 6.04 Å². The number of carboxylic acids is 2. The van der Waals surface area contributed by atoms with Crippen molar-refractivity contribution in [2.75, 3.05) is 11.5 Å². The lowest BCUT2D eigenvalue weighted by Crippen LogP contribution is -2.46. The summed E-state index contributed by atoms with van der Waals surface area (Å²) < 4.78 is 0. The van der Waals surface area contributed by atoms with Gasteiger partial charge in [-0.2, -0.15) is 0 Å². The van der Waals surface area contributed by atoms with Crippen molar-refractivity contribution in [2.24, 2.45) is 23.1 Å². The maximum atomic E-state index is 12.0. The molecule has 3 atom stereocenters. The molecular formula is C22H30N4O6S2. The zero-order valence-corrected chi connectivity index (χ0v) is 20.5. The van der Waals surface area contributed by atoms with Gasteiger partial charge >= 0.3 is 11.9 Å². The van der Waals surface area contributed by atoms with E-state index in [0.29, 0.717) is 5.56 Å². The monoisotopic (exact) mass is 510 g/mol. The van der Waals surface area contributed by atoms with Crippen LogP contribution in [-0.4, -0.2) is 63.6 Å². The van der Waals surface area contributed by atoms with Crippen molar-refractivity contribution in [3.05, 3.63) is 48.0 Å². The van der Waals surface area contributed by atoms with Gasteiger partial charge in [0.15, 0.2) is 0 Å². The summed E-state index contributed by atoms with van der Waals surface area (Å²) in [6, 6.07) is 10.5. The Morgan fingerprint density at radius 2 is 1.35 bits per heavy atom. The molecule has 1 unspecified atom stereocenters. The number of amides is 2. The molecule has 0 radical (unpaired) electrons. The number of benzene rings is 2. The summed E-state index contributed by atoms with van der Waals surface area (Å²) in [5.41, 5.74) is 16.6. The third-order valence-electron chi connectivity index (χ3n) is 4.48. The Kier molecular flexibility index (Phi) is 12.6. The summed E-state index contributed by atoms with van der Waals surface area (Å²) >= 11 is 0. The molecule has 0 spiro atoms. The Morgan fingerprint density at radius 3 is 1.82 bits per heavy atom. The Morgan fingerprint density at radius 1 is 0.853 bits per heavy atom. The van der Waals surface area contributed by atoms with Crippen LogP contribution in [0.1, 0.15) is 24.2 Å². The second kappa shape index (κ2) is 14.6. The largest absolute Gasteiger partial charge is 0.480 e. The normalized spacial score (nSPS) is 13.4. The lowest BCUT2D eigenvalue weighted by Gasteiger charge is -2.14. The molecule has 2 amide bonds. The van der Waals surface area contributed by atoms with E-state index in [4.69, 9.17) is 27.4 Å². The maximum absolute atomic E-state index is 12.0. The Balaban J connectivity index is 0.000000365. The molecule has 0 aliphatic heterocycles. The van der Waals surface area contributed by atoms with Crippen molar-refractivity contribution in [3.8, 4) is 0 Å². The zero-order valence-electron chi connectivity index (χ0n) is 18.8. The number of rotatable bonds is 10. The average molecular weight is 511 g/mol. The van der Waals surface area contributed by atoms with Crippen LogP contribution in [-0.2, 0) is 14.4 Å². The topological polar surface area (TPSA) is 199 Å². The summed E-state index contributed by atoms with van der Waals surface area (Å²) in [5.74, 6) is -2.56. The zero-order chi connectivity index (χ0) is 25.8. The molecule has 0 heterocycles. The van der Waals surface area contributed by atoms with Crippen molar-refractivity contribution in [1.29, 1.82) is 0 Å². The fourth-order valence-electron chi connectivity index (χ4n) is 2.29. The minimum atomic E-state index is -1.07. The van der Waals surface area contributed by atoms with Gasteiger partial charge in [-0.1, -0.05) is 65.8 Å². The third-order valence-corrected chi connectivity index (χ3v) is 6.96. The van der Waals surface area contributed by atoms with Gasteiger partial charge in [-0.25, -0.2) is 0 Å². The van der Waals surface area contributed by atoms with Crippen LogP contribution < -0.4 is 22.5 Å². The van der Waals surface area contributed by atoms with Gasteiger partial charge in [0.25, 0.3) is 5.91 Å². The molecule has 186 valence electrons. The fourth-order valence-corrected chi connectivity index (χ4v) is 4.51. The van der Waals surface area contributed by atoms with Crippen molar-refractivity contribution >= 4 is 56.1 Å². The first-order chi connectivity index (χ1) is 15.9. The number of carbonyl (C=O) groups is 4. The molecule has 0 aromatic heterocycles. The van der Waals surface area contributed by atoms with Crippen molar-refractivity contribution in [1.82, 2.24) is 5.32 Å². The van der Waals surface area contributed by atoms with E-state index in [2.05, 4.69) is 5.32 Å². The molecule has 34 heavy (non-hydrogen) atoms. The van der Waals surface area contributed by atoms with Crippen LogP contribution in [0.25, 0.3) is 10.8 Å². The quantitative estimate of drug-likeness (QED) is 0.199. The molecule has 12 heteroatoms. The third kappa shape index (κ3) is 10.1. The van der Waals surface area contributed by atoms with Crippen LogP contribution in [0.4, 0.5) is 0 Å². The highest BCUT2D eigenvalue weighted by Gasteiger charge is 2.20. The maximum Gasteiger partial charge on any atom is 0.321 e. The van der Waals surface area contributed by atoms with E-state index >= 15 is 0 Å². The van der Waals surface area contributed by atoms with Gasteiger partial charge in [-0.15, -0.1) is 0 Å². The van der Waals surface area contributed by atoms with Crippen LogP contribution in [0, 0.1) is 5.92 Å². The van der Waals surface area contributed by atoms with Crippen molar-refractivity contribution in [3.63, 3.8) is 0 Å². The second-order valence-electron chi connectivity index (χ2n) is 7.61. The smallest absolute Gasteiger partial charge is 0.321 e. The van der Waals surface area contributed by atoms with E-state index in [1.807, 2.05) is 44.2 Å². The Hall–Kier alpha value is -2.64. The standard InChI is InChI=1S/C16H18N2O2.C6H12N2O4S2/c1-10(2)14(17)16(20)18-15(19)13-8-7-11-5-3-4-6-12(11)9-13;7-3(5(9)10)1-13-14-2-4(8)6(11)12/h3-10,14H,17H2,1-2H3,(H,18,19,20);3-4H,1-2,7-8H2,(H,9,10)(H,11,12)/t14-;3-,4?/m00/s1. The van der Waals surface area contributed by atoms with E-state index in [1.54, 1.807) is 12.1 Å². The molecule has 0 aliphatic carbocycles. The lowest BCUT2D eigenvalue weighted by molar-refractivity contribution is -0.138. The minimum absolute atomic E-state index is 0.0144. The van der Waals surface area contributed by atoms with Crippen molar-refractivity contribution in [2.45, 2.75) is 32.0 Å². The van der Waals surface area contributed by atoms with E-state index < -0.39 is 41.9 Å². The van der Waals surface area contributed by atoms with Gasteiger partial charge in [0.2, 0.25) is 5.91 Å². The predicted molar refractivity (Wildman–Crippen MR) is 135 cm³/mol. The number of hydrogen-bond donors (Lipinski definition) is 6. The number of nitrogens with two attached hydrogens (primary N) is 3. The predicted octanol–water partition coefficient (Wildman–Crippen LogP) is 1.27. The van der Waals surface area contributed by atoms with Gasteiger partial charge in [-0.3, -0.25) is 24.5 Å². The highest BCUT2D eigenvalue weighted by Crippen LogP contribution is 2.22. The van der Waals surface area contributed by atoms with Crippen LogP contribution in [0.15, 0.2) is 42.5 Å². The van der Waals surface area contributed by atoms with Gasteiger partial charge in [0.1, 0.15) is 12.1 Å². The number of hydrogen-bond acceptors (Lipinski definition) is 9. The van der Waals surface area contributed by atoms with Crippen molar-refractivity contribution < 1.29 is 29.4 Å². The van der Waals surface area contributed by atoms with Crippen LogP contribution in [0.2, 0.25) is 0 Å². The summed E-state index contributed by atoms with van der Waals surface area (Å²) in [6.45, 7) is 3.68. The number of carbonyl (C=O) groups excluding carboxylic acids is 2. The molecule has 10 nitrogen and oxygen atoms in total. The summed E-state index contributed by atoms with van der Waals surface area (Å²) in [7, 11) is 2.41. The first-order valence-electron chi connectivity index (χ1n) is 10.2. The first-order valence-corrected chi connectivity index (χ1v) is 12.7. The fraction of sp³-hybridized carbons (Fsp3) is 0.364. The van der Waals surface area contributed by atoms with E-state index in [1.165, 1.54) is 21.6 Å². The highest BCUT2D eigenvalue weighted by atomic mass is 33.1. The second-order valence-corrected chi connectivity index (χ2v) is 10.2. The average Bonchev–Trinajstić information content (AvgIpc) is 2.80. The van der Waals surface area contributed by atoms with Crippen LogP contribution in [0.5, 0.6) is 0 Å². The minimum Gasteiger partial charge on any atom is -0.480 e. The Bertz CT molecular complexity index is 982. The number of imide groups is 1. The lowest BCUT2D eigenvalue weighted by atomic mass is 10.0. The van der Waals surface area contributed by atoms with Crippen LogP contribution in [0.3, 0.4) is 0 Å². The SMILES string of the molecule is CC(C)[C@H](N)C(=O)NC(=O)c1ccc2ccccc2c1.NC(CSSC[C@H](N)C(=O)O)C(=O)O. The number of fused-ring (bicyclic) bond motifs is 1. The number of carboxylic acid groups (broad SMARTS) is 2. The molecule has 0 aliphatic rings. The molecule has 2 aromatic carbocycles. The molecule has 2 aromatic rings. The number of nitrogens with one attached hydrogen (secondary N) is 1. The van der Waals surface area contributed by atoms with Gasteiger partial charge in [0, 0.05) is 17.1 Å².